The molecule has 0 unspecified atom stereocenters. The van der Waals surface area contributed by atoms with Crippen LogP contribution in [-0.4, -0.2) is 9.13 Å². The van der Waals surface area contributed by atoms with Gasteiger partial charge in [0.15, 0.2) is 0 Å². The van der Waals surface area contributed by atoms with Crippen molar-refractivity contribution in [2.45, 2.75) is 0 Å². The maximum Gasteiger partial charge on any atom is 0.0541 e. The summed E-state index contributed by atoms with van der Waals surface area (Å²) in [5.74, 6) is 0. The molecule has 0 N–H and O–H groups in total. The van der Waals surface area contributed by atoms with E-state index in [9.17, 15) is 0 Å². The van der Waals surface area contributed by atoms with Gasteiger partial charge in [-0.3, -0.25) is 0 Å². The predicted molar refractivity (Wildman–Crippen MR) is 219 cm³/mol. The highest BCUT2D eigenvalue weighted by Crippen LogP contribution is 2.42. The van der Waals surface area contributed by atoms with Crippen molar-refractivity contribution in [2.75, 3.05) is 0 Å². The fraction of sp³-hybridized carbons (Fsp3) is 0. The number of aromatic nitrogens is 2. The highest BCUT2D eigenvalue weighted by atomic mass is 32.1. The summed E-state index contributed by atoms with van der Waals surface area (Å²) in [7, 11) is 0. The lowest BCUT2D eigenvalue weighted by Gasteiger charge is -2.09. The quantitative estimate of drug-likeness (QED) is 0.177. The van der Waals surface area contributed by atoms with Gasteiger partial charge in [-0.1, -0.05) is 121 Å². The molecule has 0 saturated carbocycles. The highest BCUT2D eigenvalue weighted by Gasteiger charge is 2.17. The summed E-state index contributed by atoms with van der Waals surface area (Å²) in [6, 6.07) is 66.6. The first-order valence-electron chi connectivity index (χ1n) is 17.4. The van der Waals surface area contributed by atoms with Crippen LogP contribution in [0.4, 0.5) is 0 Å². The molecule has 0 aliphatic carbocycles. The number of thiophene rings is 1. The molecule has 8 aromatic carbocycles. The smallest absolute Gasteiger partial charge is 0.0541 e. The fourth-order valence-corrected chi connectivity index (χ4v) is 9.48. The molecule has 11 aromatic rings. The summed E-state index contributed by atoms with van der Waals surface area (Å²) in [6.45, 7) is 0. The van der Waals surface area contributed by atoms with Crippen molar-refractivity contribution < 1.29 is 0 Å². The molecule has 0 bridgehead atoms. The number of nitrogens with zero attached hydrogens (tertiary/aromatic N) is 2. The van der Waals surface area contributed by atoms with Gasteiger partial charge in [-0.05, 0) is 82.9 Å². The van der Waals surface area contributed by atoms with E-state index in [2.05, 4.69) is 191 Å². The van der Waals surface area contributed by atoms with Crippen LogP contribution in [0.1, 0.15) is 0 Å². The molecule has 3 heterocycles. The summed E-state index contributed by atoms with van der Waals surface area (Å²) in [5.41, 5.74) is 12.2. The molecule has 0 atom stereocenters. The van der Waals surface area contributed by atoms with Crippen molar-refractivity contribution in [3.8, 4) is 33.6 Å². The minimum absolute atomic E-state index is 1.18. The Hall–Kier alpha value is -6.42. The summed E-state index contributed by atoms with van der Waals surface area (Å²) in [4.78, 5) is 0. The van der Waals surface area contributed by atoms with E-state index >= 15 is 0 Å². The van der Waals surface area contributed by atoms with Crippen LogP contribution in [0.2, 0.25) is 0 Å². The van der Waals surface area contributed by atoms with E-state index in [1.165, 1.54) is 97.4 Å². The van der Waals surface area contributed by atoms with Crippen molar-refractivity contribution in [1.82, 2.24) is 9.13 Å². The topological polar surface area (TPSA) is 9.86 Å². The molecule has 0 saturated heterocycles. The van der Waals surface area contributed by atoms with Crippen LogP contribution in [0.5, 0.6) is 0 Å². The minimum Gasteiger partial charge on any atom is -0.309 e. The van der Waals surface area contributed by atoms with Crippen molar-refractivity contribution in [2.24, 2.45) is 0 Å². The molecule has 3 heteroatoms. The number of fused-ring (bicyclic) bond motifs is 9. The fourth-order valence-electron chi connectivity index (χ4n) is 8.21. The number of hydrogen-bond donors (Lipinski definition) is 0. The van der Waals surface area contributed by atoms with Crippen LogP contribution in [0.25, 0.3) is 97.4 Å². The number of hydrogen-bond acceptors (Lipinski definition) is 1. The van der Waals surface area contributed by atoms with Crippen molar-refractivity contribution in [3.05, 3.63) is 182 Å². The van der Waals surface area contributed by atoms with Crippen molar-refractivity contribution in [1.29, 1.82) is 0 Å². The molecule has 0 amide bonds. The Bertz CT molecular complexity index is 3130. The molecule has 51 heavy (non-hydrogen) atoms. The zero-order chi connectivity index (χ0) is 33.5. The molecule has 0 spiro atoms. The molecular formula is C48H30N2S. The predicted octanol–water partition coefficient (Wildman–Crippen LogP) is 13.6. The summed E-state index contributed by atoms with van der Waals surface area (Å²) in [6.07, 6.45) is 0. The van der Waals surface area contributed by atoms with E-state index in [0.717, 1.165) is 0 Å². The van der Waals surface area contributed by atoms with Gasteiger partial charge in [0.05, 0.1) is 22.1 Å². The van der Waals surface area contributed by atoms with E-state index in [1.807, 2.05) is 11.3 Å². The Morgan fingerprint density at radius 2 is 0.863 bits per heavy atom. The lowest BCUT2D eigenvalue weighted by Crippen LogP contribution is -1.93. The van der Waals surface area contributed by atoms with Gasteiger partial charge < -0.3 is 9.13 Å². The van der Waals surface area contributed by atoms with E-state index in [0.29, 0.717) is 0 Å². The lowest BCUT2D eigenvalue weighted by atomic mass is 10.0. The summed E-state index contributed by atoms with van der Waals surface area (Å²) < 4.78 is 7.46. The second-order valence-electron chi connectivity index (χ2n) is 13.3. The molecule has 0 radical (unpaired) electrons. The van der Waals surface area contributed by atoms with E-state index in [1.54, 1.807) is 0 Å². The van der Waals surface area contributed by atoms with Crippen LogP contribution in [0, 0.1) is 0 Å². The Morgan fingerprint density at radius 1 is 0.314 bits per heavy atom. The Kier molecular flexibility index (Phi) is 6.16. The molecule has 0 aliphatic rings. The third-order valence-electron chi connectivity index (χ3n) is 10.5. The van der Waals surface area contributed by atoms with Gasteiger partial charge in [0, 0.05) is 53.1 Å². The van der Waals surface area contributed by atoms with Gasteiger partial charge in [0.1, 0.15) is 0 Å². The van der Waals surface area contributed by atoms with Gasteiger partial charge in [-0.25, -0.2) is 0 Å². The largest absolute Gasteiger partial charge is 0.309 e. The summed E-state index contributed by atoms with van der Waals surface area (Å²) >= 11 is 1.89. The van der Waals surface area contributed by atoms with Crippen LogP contribution in [0.15, 0.2) is 182 Å². The first-order valence-corrected chi connectivity index (χ1v) is 18.3. The normalized spacial score (nSPS) is 11.9. The van der Waals surface area contributed by atoms with Crippen LogP contribution < -0.4 is 0 Å². The molecule has 0 fully saturated rings. The number of rotatable bonds is 4. The maximum atomic E-state index is 2.44. The van der Waals surface area contributed by atoms with Gasteiger partial charge >= 0.3 is 0 Å². The van der Waals surface area contributed by atoms with Crippen LogP contribution in [0.3, 0.4) is 0 Å². The van der Waals surface area contributed by atoms with E-state index in [-0.39, 0.29) is 0 Å². The van der Waals surface area contributed by atoms with Gasteiger partial charge in [-0.15, -0.1) is 11.3 Å². The Morgan fingerprint density at radius 3 is 1.53 bits per heavy atom. The maximum absolute atomic E-state index is 2.44. The second kappa shape index (κ2) is 11.0. The Balaban J connectivity index is 1.08. The SMILES string of the molecule is c1ccc(-c2cccc3c2sc2cc(-n4c5ccccc5c5cc(-c6ccc7c(c6)c6ccccc6n7-c6ccccc6)ccc54)ccc23)cc1. The van der Waals surface area contributed by atoms with Crippen molar-refractivity contribution >= 4 is 75.1 Å². The highest BCUT2D eigenvalue weighted by molar-refractivity contribution is 7.26. The van der Waals surface area contributed by atoms with Gasteiger partial charge in [-0.2, -0.15) is 0 Å². The lowest BCUT2D eigenvalue weighted by molar-refractivity contribution is 1.18. The molecule has 238 valence electrons. The van der Waals surface area contributed by atoms with Gasteiger partial charge in [0.2, 0.25) is 0 Å². The van der Waals surface area contributed by atoms with Gasteiger partial charge in [0.25, 0.3) is 0 Å². The molecule has 2 nitrogen and oxygen atoms in total. The molecule has 11 rings (SSSR count). The van der Waals surface area contributed by atoms with Crippen molar-refractivity contribution in [3.63, 3.8) is 0 Å². The average molecular weight is 667 g/mol. The van der Waals surface area contributed by atoms with Crippen LogP contribution >= 0.6 is 11.3 Å². The number of benzene rings is 8. The molecule has 3 aromatic heterocycles. The molecular weight excluding hydrogens is 637 g/mol. The first kappa shape index (κ1) is 28.4. The van der Waals surface area contributed by atoms with E-state index in [4.69, 9.17) is 0 Å². The summed E-state index contributed by atoms with van der Waals surface area (Å²) in [5, 5.41) is 7.68. The second-order valence-corrected chi connectivity index (χ2v) is 14.4. The zero-order valence-corrected chi connectivity index (χ0v) is 28.4. The average Bonchev–Trinajstić information content (AvgIpc) is 3.85. The van der Waals surface area contributed by atoms with Crippen LogP contribution in [-0.2, 0) is 0 Å². The monoisotopic (exact) mass is 666 g/mol. The Labute approximate surface area is 298 Å². The molecule has 0 aliphatic heterocycles. The minimum atomic E-state index is 1.18. The zero-order valence-electron chi connectivity index (χ0n) is 27.6. The standard InChI is InChI=1S/C48H30N2S/c1-3-12-31(13-4-1)36-18-11-19-40-39-25-24-35(30-47(39)51-48(36)40)50-44-21-10-8-17-38(44)42-29-33(23-27-46(42)50)32-22-26-45-41(28-32)37-16-7-9-20-43(37)49(45)34-14-5-2-6-15-34/h1-30H. The third-order valence-corrected chi connectivity index (χ3v) is 11.7. The number of para-hydroxylation sites is 3. The van der Waals surface area contributed by atoms with E-state index < -0.39 is 0 Å². The third kappa shape index (κ3) is 4.29. The first-order chi connectivity index (χ1) is 25.3.